The van der Waals surface area contributed by atoms with Crippen LogP contribution in [0.4, 0.5) is 10.5 Å². The topological polar surface area (TPSA) is 65.1 Å². The van der Waals surface area contributed by atoms with Crippen LogP contribution in [0.3, 0.4) is 0 Å². The van der Waals surface area contributed by atoms with E-state index in [1.54, 1.807) is 16.2 Å². The third-order valence-electron chi connectivity index (χ3n) is 6.17. The number of hydrogen-bond donors (Lipinski definition) is 1. The Morgan fingerprint density at radius 2 is 1.78 bits per heavy atom. The molecule has 36 heavy (non-hydrogen) atoms. The molecule has 190 valence electrons. The molecule has 1 aromatic heterocycles. The summed E-state index contributed by atoms with van der Waals surface area (Å²) in [6.45, 7) is 7.22. The fourth-order valence-corrected chi connectivity index (χ4v) is 4.87. The van der Waals surface area contributed by atoms with E-state index in [1.165, 1.54) is 0 Å². The number of nitrogens with zero attached hydrogens (tertiary/aromatic N) is 3. The summed E-state index contributed by atoms with van der Waals surface area (Å²) in [5, 5.41) is 5.00. The zero-order chi connectivity index (χ0) is 25.2. The van der Waals surface area contributed by atoms with E-state index in [4.69, 9.17) is 4.74 Å². The van der Waals surface area contributed by atoms with Gasteiger partial charge in [0.2, 0.25) is 5.91 Å². The predicted molar refractivity (Wildman–Crippen MR) is 144 cm³/mol. The number of aryl methyl sites for hydroxylation is 1. The molecule has 1 fully saturated rings. The molecule has 2 heterocycles. The molecule has 8 heteroatoms. The fourth-order valence-electron chi connectivity index (χ4n) is 4.15. The van der Waals surface area contributed by atoms with Crippen LogP contribution in [0.15, 0.2) is 72.1 Å². The van der Waals surface area contributed by atoms with Crippen molar-refractivity contribution in [1.82, 2.24) is 14.7 Å². The summed E-state index contributed by atoms with van der Waals surface area (Å²) in [5.41, 5.74) is 2.85. The van der Waals surface area contributed by atoms with Crippen LogP contribution in [0, 0.1) is 6.92 Å². The minimum Gasteiger partial charge on any atom is -0.379 e. The van der Waals surface area contributed by atoms with Crippen LogP contribution < -0.4 is 5.32 Å². The van der Waals surface area contributed by atoms with Crippen molar-refractivity contribution in [2.45, 2.75) is 20.0 Å². The number of morpholine rings is 1. The molecule has 3 aromatic rings. The minimum atomic E-state index is -0.266. The summed E-state index contributed by atoms with van der Waals surface area (Å²) in [6, 6.07) is 21.4. The van der Waals surface area contributed by atoms with Crippen LogP contribution in [0.5, 0.6) is 0 Å². The molecular weight excluding hydrogens is 472 g/mol. The van der Waals surface area contributed by atoms with Crippen molar-refractivity contribution in [1.29, 1.82) is 0 Å². The number of nitrogens with one attached hydrogen (secondary N) is 1. The van der Waals surface area contributed by atoms with Crippen molar-refractivity contribution in [3.63, 3.8) is 0 Å². The highest BCUT2D eigenvalue weighted by Crippen LogP contribution is 2.16. The molecule has 3 amide bonds. The van der Waals surface area contributed by atoms with Gasteiger partial charge in [0.15, 0.2) is 0 Å². The monoisotopic (exact) mass is 506 g/mol. The van der Waals surface area contributed by atoms with Crippen molar-refractivity contribution in [3.8, 4) is 0 Å². The van der Waals surface area contributed by atoms with Gasteiger partial charge in [-0.25, -0.2) is 4.79 Å². The maximum absolute atomic E-state index is 13.6. The molecular formula is C28H34N4O3S. The lowest BCUT2D eigenvalue weighted by Crippen LogP contribution is -2.48. The van der Waals surface area contributed by atoms with E-state index in [2.05, 4.69) is 10.2 Å². The van der Waals surface area contributed by atoms with E-state index in [9.17, 15) is 9.59 Å². The minimum absolute atomic E-state index is 0.0141. The van der Waals surface area contributed by atoms with E-state index in [1.807, 2.05) is 83.9 Å². The smallest absolute Gasteiger partial charge is 0.322 e. The summed E-state index contributed by atoms with van der Waals surface area (Å²) in [7, 11) is 0. The molecule has 1 aliphatic heterocycles. The molecule has 0 aliphatic carbocycles. The van der Waals surface area contributed by atoms with Crippen LogP contribution in [0.1, 0.15) is 16.0 Å². The summed E-state index contributed by atoms with van der Waals surface area (Å²) in [4.78, 5) is 33.8. The molecule has 0 bridgehead atoms. The van der Waals surface area contributed by atoms with E-state index in [-0.39, 0.29) is 18.5 Å². The molecule has 0 atom stereocenters. The zero-order valence-electron chi connectivity index (χ0n) is 20.8. The highest BCUT2D eigenvalue weighted by atomic mass is 32.1. The first-order valence-electron chi connectivity index (χ1n) is 12.3. The average molecular weight is 507 g/mol. The summed E-state index contributed by atoms with van der Waals surface area (Å²) in [6.07, 6.45) is 0. The Morgan fingerprint density at radius 3 is 2.50 bits per heavy atom. The summed E-state index contributed by atoms with van der Waals surface area (Å²) in [5.74, 6) is -0.0753. The van der Waals surface area contributed by atoms with Crippen LogP contribution >= 0.6 is 11.3 Å². The zero-order valence-corrected chi connectivity index (χ0v) is 21.6. The average Bonchev–Trinajstić information content (AvgIpc) is 3.40. The lowest BCUT2D eigenvalue weighted by atomic mass is 10.2. The predicted octanol–water partition coefficient (Wildman–Crippen LogP) is 4.45. The van der Waals surface area contributed by atoms with Gasteiger partial charge < -0.3 is 19.9 Å². The quantitative estimate of drug-likeness (QED) is 0.441. The van der Waals surface area contributed by atoms with Crippen LogP contribution in [-0.4, -0.2) is 72.6 Å². The van der Waals surface area contributed by atoms with Crippen LogP contribution in [-0.2, 0) is 22.6 Å². The first-order valence-corrected chi connectivity index (χ1v) is 13.2. The summed E-state index contributed by atoms with van der Waals surface area (Å²) >= 11 is 1.63. The molecule has 4 rings (SSSR count). The second-order valence-electron chi connectivity index (χ2n) is 8.99. The van der Waals surface area contributed by atoms with Gasteiger partial charge in [-0.2, -0.15) is 0 Å². The van der Waals surface area contributed by atoms with Crippen molar-refractivity contribution < 1.29 is 14.3 Å². The van der Waals surface area contributed by atoms with Gasteiger partial charge in [-0.3, -0.25) is 9.69 Å². The molecule has 7 nitrogen and oxygen atoms in total. The van der Waals surface area contributed by atoms with Crippen LogP contribution in [0.2, 0.25) is 0 Å². The third kappa shape index (κ3) is 7.91. The van der Waals surface area contributed by atoms with Gasteiger partial charge in [0, 0.05) is 43.3 Å². The number of benzene rings is 2. The number of thiophene rings is 1. The van der Waals surface area contributed by atoms with Crippen LogP contribution in [0.25, 0.3) is 0 Å². The number of urea groups is 1. The number of amides is 3. The highest BCUT2D eigenvalue weighted by Gasteiger charge is 2.23. The Morgan fingerprint density at radius 1 is 0.972 bits per heavy atom. The normalized spacial score (nSPS) is 13.8. The van der Waals surface area contributed by atoms with Crippen molar-refractivity contribution >= 4 is 29.0 Å². The van der Waals surface area contributed by atoms with E-state index < -0.39 is 0 Å². The lowest BCUT2D eigenvalue weighted by molar-refractivity contribution is -0.133. The number of ether oxygens (including phenoxy) is 1. The van der Waals surface area contributed by atoms with Gasteiger partial charge in [0.05, 0.1) is 19.8 Å². The Labute approximate surface area is 217 Å². The number of rotatable bonds is 10. The van der Waals surface area contributed by atoms with Crippen molar-refractivity contribution in [2.24, 2.45) is 0 Å². The maximum Gasteiger partial charge on any atom is 0.322 e. The van der Waals surface area contributed by atoms with Gasteiger partial charge >= 0.3 is 6.03 Å². The molecule has 2 aromatic carbocycles. The highest BCUT2D eigenvalue weighted by molar-refractivity contribution is 7.09. The van der Waals surface area contributed by atoms with Gasteiger partial charge in [-0.05, 0) is 41.6 Å². The lowest BCUT2D eigenvalue weighted by Gasteiger charge is -2.31. The molecule has 0 unspecified atom stereocenters. The maximum atomic E-state index is 13.6. The molecule has 1 saturated heterocycles. The third-order valence-corrected chi connectivity index (χ3v) is 7.03. The Balaban J connectivity index is 1.48. The Hall–Kier alpha value is -3.20. The summed E-state index contributed by atoms with van der Waals surface area (Å²) < 4.78 is 5.45. The number of carbonyl (C=O) groups is 2. The number of anilines is 1. The molecule has 0 saturated carbocycles. The van der Waals surface area contributed by atoms with Gasteiger partial charge in [0.1, 0.15) is 6.54 Å². The van der Waals surface area contributed by atoms with Gasteiger partial charge in [-0.15, -0.1) is 11.3 Å². The van der Waals surface area contributed by atoms with E-state index >= 15 is 0 Å². The first-order chi connectivity index (χ1) is 17.6. The van der Waals surface area contributed by atoms with Crippen molar-refractivity contribution in [2.75, 3.05) is 51.3 Å². The number of hydrogen-bond acceptors (Lipinski definition) is 5. The van der Waals surface area contributed by atoms with E-state index in [0.717, 1.165) is 34.8 Å². The first kappa shape index (κ1) is 25.9. The molecule has 1 aliphatic rings. The second kappa shape index (κ2) is 13.2. The van der Waals surface area contributed by atoms with Gasteiger partial charge in [0.25, 0.3) is 0 Å². The molecule has 1 N–H and O–H groups in total. The Kier molecular flexibility index (Phi) is 9.49. The van der Waals surface area contributed by atoms with E-state index in [0.29, 0.717) is 39.4 Å². The largest absolute Gasteiger partial charge is 0.379 e. The Bertz CT molecular complexity index is 1100. The standard InChI is InChI=1S/C28H34N4O3S/c1-23-7-5-10-25(19-23)29-28(34)31(13-12-30-14-16-35-17-15-30)22-27(33)32(21-26-11-6-18-36-26)20-24-8-3-2-4-9-24/h2-11,18-19H,12-17,20-22H2,1H3,(H,29,34). The fraction of sp³-hybridized carbons (Fsp3) is 0.357. The molecule has 0 spiro atoms. The number of carbonyl (C=O) groups excluding carboxylic acids is 2. The van der Waals surface area contributed by atoms with Crippen molar-refractivity contribution in [3.05, 3.63) is 88.1 Å². The second-order valence-corrected chi connectivity index (χ2v) is 10.0. The molecule has 0 radical (unpaired) electrons. The SMILES string of the molecule is Cc1cccc(NC(=O)N(CCN2CCOCC2)CC(=O)N(Cc2ccccc2)Cc2cccs2)c1. The van der Waals surface area contributed by atoms with Gasteiger partial charge in [-0.1, -0.05) is 48.5 Å².